The first-order chi connectivity index (χ1) is 11.4. The Morgan fingerprint density at radius 2 is 1.67 bits per heavy atom. The van der Waals surface area contributed by atoms with Crippen molar-refractivity contribution in [2.24, 2.45) is 5.41 Å². The van der Waals surface area contributed by atoms with Crippen LogP contribution in [0.5, 0.6) is 0 Å². The highest BCUT2D eigenvalue weighted by Gasteiger charge is 2.29. The van der Waals surface area contributed by atoms with Crippen LogP contribution < -0.4 is 5.32 Å². The van der Waals surface area contributed by atoms with Crippen LogP contribution in [0.3, 0.4) is 0 Å². The van der Waals surface area contributed by atoms with Crippen LogP contribution in [0.25, 0.3) is 0 Å². The van der Waals surface area contributed by atoms with Crippen LogP contribution in [0.4, 0.5) is 4.39 Å². The minimum Gasteiger partial charge on any atom is -0.377 e. The fourth-order valence-electron chi connectivity index (χ4n) is 3.32. The Kier molecular flexibility index (Phi) is 4.52. The van der Waals surface area contributed by atoms with Gasteiger partial charge in [-0.15, -0.1) is 0 Å². The zero-order valence-corrected chi connectivity index (χ0v) is 14.1. The quantitative estimate of drug-likeness (QED) is 0.877. The van der Waals surface area contributed by atoms with E-state index in [-0.39, 0.29) is 23.1 Å². The topological polar surface area (TPSA) is 29.1 Å². The maximum Gasteiger partial charge on any atom is 0.157 e. The molecule has 0 spiro atoms. The molecule has 124 valence electrons. The van der Waals surface area contributed by atoms with Crippen LogP contribution in [-0.2, 0) is 4.79 Å². The Morgan fingerprint density at radius 3 is 2.33 bits per heavy atom. The molecule has 0 aromatic heterocycles. The molecular formula is C21H22FNO. The van der Waals surface area contributed by atoms with Crippen molar-refractivity contribution in [1.82, 2.24) is 5.32 Å². The van der Waals surface area contributed by atoms with Crippen molar-refractivity contribution >= 4 is 5.78 Å². The summed E-state index contributed by atoms with van der Waals surface area (Å²) in [6.45, 7) is 4.17. The van der Waals surface area contributed by atoms with E-state index >= 15 is 0 Å². The van der Waals surface area contributed by atoms with Crippen LogP contribution in [0, 0.1) is 11.2 Å². The molecule has 0 bridgehead atoms. The van der Waals surface area contributed by atoms with E-state index in [4.69, 9.17) is 0 Å². The second-order valence-corrected chi connectivity index (χ2v) is 7.16. The van der Waals surface area contributed by atoms with E-state index in [2.05, 4.69) is 19.2 Å². The van der Waals surface area contributed by atoms with E-state index in [0.29, 0.717) is 12.0 Å². The molecule has 0 fully saturated rings. The van der Waals surface area contributed by atoms with E-state index in [1.807, 2.05) is 36.4 Å². The summed E-state index contributed by atoms with van der Waals surface area (Å²) in [5.41, 5.74) is 2.35. The summed E-state index contributed by atoms with van der Waals surface area (Å²) in [4.78, 5) is 12.0. The highest BCUT2D eigenvalue weighted by molar-refractivity contribution is 5.91. The summed E-state index contributed by atoms with van der Waals surface area (Å²) < 4.78 is 14.4. The second-order valence-electron chi connectivity index (χ2n) is 7.16. The smallest absolute Gasteiger partial charge is 0.157 e. The number of rotatable bonds is 4. The lowest BCUT2D eigenvalue weighted by atomic mass is 9.78. The molecule has 1 unspecified atom stereocenters. The molecule has 1 N–H and O–H groups in total. The number of ketones is 1. The third-order valence-electron chi connectivity index (χ3n) is 4.34. The Morgan fingerprint density at radius 1 is 1.00 bits per heavy atom. The summed E-state index contributed by atoms with van der Waals surface area (Å²) >= 11 is 0. The summed E-state index contributed by atoms with van der Waals surface area (Å²) in [6, 6.07) is 16.2. The van der Waals surface area contributed by atoms with Crippen molar-refractivity contribution in [1.29, 1.82) is 0 Å². The van der Waals surface area contributed by atoms with Crippen LogP contribution in [0.15, 0.2) is 66.4 Å². The summed E-state index contributed by atoms with van der Waals surface area (Å²) in [7, 11) is 0. The normalized spacial score (nSPS) is 18.0. The molecule has 2 aromatic rings. The predicted molar refractivity (Wildman–Crippen MR) is 93.9 cm³/mol. The molecule has 1 aliphatic carbocycles. The number of halogens is 1. The fourth-order valence-corrected chi connectivity index (χ4v) is 3.32. The maximum absolute atomic E-state index is 14.4. The van der Waals surface area contributed by atoms with Gasteiger partial charge in [-0.3, -0.25) is 4.79 Å². The number of benzene rings is 2. The number of hydrogen-bond donors (Lipinski definition) is 1. The van der Waals surface area contributed by atoms with E-state index in [0.717, 1.165) is 17.7 Å². The first kappa shape index (κ1) is 16.4. The van der Waals surface area contributed by atoms with Gasteiger partial charge in [0.25, 0.3) is 0 Å². The van der Waals surface area contributed by atoms with E-state index in [1.54, 1.807) is 18.2 Å². The summed E-state index contributed by atoms with van der Waals surface area (Å²) in [6.07, 6.45) is 2.99. The molecule has 3 heteroatoms. The largest absolute Gasteiger partial charge is 0.377 e. The van der Waals surface area contributed by atoms with Crippen LogP contribution >= 0.6 is 0 Å². The van der Waals surface area contributed by atoms with Gasteiger partial charge in [-0.05, 0) is 23.5 Å². The Labute approximate surface area is 142 Å². The molecule has 24 heavy (non-hydrogen) atoms. The van der Waals surface area contributed by atoms with E-state index < -0.39 is 0 Å². The Balaban J connectivity index is 1.98. The van der Waals surface area contributed by atoms with Gasteiger partial charge in [0.2, 0.25) is 0 Å². The summed E-state index contributed by atoms with van der Waals surface area (Å²) in [5, 5.41) is 3.42. The first-order valence-electron chi connectivity index (χ1n) is 8.24. The minimum atomic E-state index is -0.319. The number of carbonyl (C=O) groups is 1. The fraction of sp³-hybridized carbons (Fsp3) is 0.286. The molecule has 0 amide bonds. The molecule has 1 aliphatic rings. The van der Waals surface area contributed by atoms with E-state index in [1.165, 1.54) is 6.07 Å². The van der Waals surface area contributed by atoms with Gasteiger partial charge in [-0.1, -0.05) is 62.4 Å². The van der Waals surface area contributed by atoms with Crippen molar-refractivity contribution in [2.45, 2.75) is 32.7 Å². The molecule has 3 rings (SSSR count). The van der Waals surface area contributed by atoms with Gasteiger partial charge in [-0.25, -0.2) is 4.39 Å². The van der Waals surface area contributed by atoms with Crippen LogP contribution in [0.2, 0.25) is 0 Å². The van der Waals surface area contributed by atoms with Gasteiger partial charge in [0.1, 0.15) is 5.82 Å². The molecule has 2 nitrogen and oxygen atoms in total. The van der Waals surface area contributed by atoms with Gasteiger partial charge in [0, 0.05) is 23.8 Å². The van der Waals surface area contributed by atoms with Crippen LogP contribution in [0.1, 0.15) is 43.9 Å². The zero-order chi connectivity index (χ0) is 17.2. The highest BCUT2D eigenvalue weighted by Crippen LogP contribution is 2.35. The predicted octanol–water partition coefficient (Wildman–Crippen LogP) is 4.78. The molecule has 1 atom stereocenters. The average molecular weight is 323 g/mol. The number of hydrogen-bond acceptors (Lipinski definition) is 2. The SMILES string of the molecule is CC1(C)CC(=O)C=C(NC(c2ccccc2)c2ccccc2F)C1. The zero-order valence-electron chi connectivity index (χ0n) is 14.1. The number of carbonyl (C=O) groups excluding carboxylic acids is 1. The molecule has 0 saturated carbocycles. The van der Waals surface area contributed by atoms with Crippen molar-refractivity contribution in [3.05, 3.63) is 83.3 Å². The number of allylic oxidation sites excluding steroid dienone is 2. The summed E-state index contributed by atoms with van der Waals surface area (Å²) in [5.74, 6) is -0.130. The highest BCUT2D eigenvalue weighted by atomic mass is 19.1. The maximum atomic E-state index is 14.4. The molecule has 0 aliphatic heterocycles. The molecule has 0 saturated heterocycles. The lowest BCUT2D eigenvalue weighted by Gasteiger charge is -2.32. The second kappa shape index (κ2) is 6.60. The number of nitrogens with one attached hydrogen (secondary N) is 1. The standard InChI is InChI=1S/C21H22FNO/c1-21(2)13-16(12-17(24)14-21)23-20(15-8-4-3-5-9-15)18-10-6-7-11-19(18)22/h3-12,20,23H,13-14H2,1-2H3. The van der Waals surface area contributed by atoms with Crippen molar-refractivity contribution in [2.75, 3.05) is 0 Å². The Bertz CT molecular complexity index is 764. The van der Waals surface area contributed by atoms with Crippen molar-refractivity contribution < 1.29 is 9.18 Å². The van der Waals surface area contributed by atoms with Gasteiger partial charge in [0.15, 0.2) is 5.78 Å². The van der Waals surface area contributed by atoms with E-state index in [9.17, 15) is 9.18 Å². The Hall–Kier alpha value is -2.42. The van der Waals surface area contributed by atoms with Crippen LogP contribution in [-0.4, -0.2) is 5.78 Å². The molecule has 0 radical (unpaired) electrons. The van der Waals surface area contributed by atoms with Crippen molar-refractivity contribution in [3.8, 4) is 0 Å². The monoisotopic (exact) mass is 323 g/mol. The van der Waals surface area contributed by atoms with Gasteiger partial charge in [-0.2, -0.15) is 0 Å². The molecule has 0 heterocycles. The lowest BCUT2D eigenvalue weighted by molar-refractivity contribution is -0.117. The minimum absolute atomic E-state index is 0.0787. The van der Waals surface area contributed by atoms with Crippen molar-refractivity contribution in [3.63, 3.8) is 0 Å². The lowest BCUT2D eigenvalue weighted by Crippen LogP contribution is -2.31. The third kappa shape index (κ3) is 3.73. The third-order valence-corrected chi connectivity index (χ3v) is 4.34. The first-order valence-corrected chi connectivity index (χ1v) is 8.24. The molecular weight excluding hydrogens is 301 g/mol. The van der Waals surface area contributed by atoms with Gasteiger partial charge in [0.05, 0.1) is 6.04 Å². The van der Waals surface area contributed by atoms with Gasteiger partial charge < -0.3 is 5.32 Å². The average Bonchev–Trinajstić information content (AvgIpc) is 2.52. The molecule has 2 aromatic carbocycles. The van der Waals surface area contributed by atoms with Gasteiger partial charge >= 0.3 is 0 Å².